The molecule has 0 aromatic rings. The zero-order valence-corrected chi connectivity index (χ0v) is 9.12. The maximum absolute atomic E-state index is 11.6. The van der Waals surface area contributed by atoms with E-state index in [-0.39, 0.29) is 17.7 Å². The monoisotopic (exact) mass is 211 g/mol. The van der Waals surface area contributed by atoms with Crippen molar-refractivity contribution in [2.45, 2.75) is 26.2 Å². The van der Waals surface area contributed by atoms with Crippen LogP contribution < -0.4 is 11.2 Å². The van der Waals surface area contributed by atoms with Gasteiger partial charge >= 0.3 is 0 Å². The average Bonchev–Trinajstić information content (AvgIpc) is 2.14. The van der Waals surface area contributed by atoms with Gasteiger partial charge in [0.1, 0.15) is 0 Å². The van der Waals surface area contributed by atoms with Gasteiger partial charge in [-0.3, -0.25) is 14.9 Å². The Hall–Kier alpha value is -1.36. The smallest absolute Gasteiger partial charge is 0.233 e. The molecule has 5 heteroatoms. The van der Waals surface area contributed by atoms with Gasteiger partial charge in [0.05, 0.1) is 5.92 Å². The molecule has 1 heterocycles. The predicted molar refractivity (Wildman–Crippen MR) is 56.2 cm³/mol. The summed E-state index contributed by atoms with van der Waals surface area (Å²) < 4.78 is 0. The first-order chi connectivity index (χ1) is 7.04. The van der Waals surface area contributed by atoms with Crippen LogP contribution in [0.2, 0.25) is 0 Å². The molecule has 0 radical (unpaired) electrons. The fraction of sp³-hybridized carbons (Fsp3) is 0.600. The van der Waals surface area contributed by atoms with Crippen LogP contribution in [0.25, 0.3) is 0 Å². The summed E-state index contributed by atoms with van der Waals surface area (Å²) in [7, 11) is 1.71. The second kappa shape index (κ2) is 4.93. The molecule has 0 bridgehead atoms. The lowest BCUT2D eigenvalue weighted by atomic mass is 9.89. The van der Waals surface area contributed by atoms with Crippen molar-refractivity contribution < 1.29 is 9.59 Å². The van der Waals surface area contributed by atoms with Gasteiger partial charge in [-0.1, -0.05) is 6.92 Å². The molecule has 1 fully saturated rings. The number of carbonyl (C=O) groups is 2. The van der Waals surface area contributed by atoms with Gasteiger partial charge in [0, 0.05) is 19.7 Å². The van der Waals surface area contributed by atoms with E-state index in [0.29, 0.717) is 12.8 Å². The molecule has 1 rings (SSSR count). The highest BCUT2D eigenvalue weighted by molar-refractivity contribution is 5.99. The van der Waals surface area contributed by atoms with Crippen molar-refractivity contribution in [1.29, 1.82) is 0 Å². The number of hydrogen-bond acceptors (Lipinski definition) is 4. The summed E-state index contributed by atoms with van der Waals surface area (Å²) in [5.74, 6) is 4.90. The summed E-state index contributed by atoms with van der Waals surface area (Å²) in [4.78, 5) is 22.5. The summed E-state index contributed by atoms with van der Waals surface area (Å²) >= 11 is 0. The fourth-order valence-corrected chi connectivity index (χ4v) is 1.74. The third-order valence-corrected chi connectivity index (χ3v) is 2.46. The molecular weight excluding hydrogens is 194 g/mol. The maximum Gasteiger partial charge on any atom is 0.233 e. The van der Waals surface area contributed by atoms with E-state index < -0.39 is 0 Å². The van der Waals surface area contributed by atoms with Crippen LogP contribution in [0.15, 0.2) is 11.8 Å². The maximum atomic E-state index is 11.6. The number of carbonyl (C=O) groups excluding carboxylic acids is 2. The third kappa shape index (κ3) is 3.06. The van der Waals surface area contributed by atoms with Gasteiger partial charge in [0.2, 0.25) is 11.8 Å². The number of nitrogens with two attached hydrogens (primary N) is 1. The summed E-state index contributed by atoms with van der Waals surface area (Å²) in [6, 6.07) is 0. The molecule has 5 nitrogen and oxygen atoms in total. The Morgan fingerprint density at radius 3 is 2.80 bits per heavy atom. The first-order valence-corrected chi connectivity index (χ1v) is 5.06. The van der Waals surface area contributed by atoms with E-state index in [1.54, 1.807) is 13.2 Å². The van der Waals surface area contributed by atoms with Crippen molar-refractivity contribution in [3.8, 4) is 0 Å². The zero-order valence-electron chi connectivity index (χ0n) is 9.12. The van der Waals surface area contributed by atoms with Gasteiger partial charge in [-0.15, -0.1) is 0 Å². The molecule has 1 atom stereocenters. The minimum absolute atomic E-state index is 0.187. The summed E-state index contributed by atoms with van der Waals surface area (Å²) in [5.41, 5.74) is 0.963. The van der Waals surface area contributed by atoms with Gasteiger partial charge < -0.3 is 5.01 Å². The van der Waals surface area contributed by atoms with Crippen LogP contribution >= 0.6 is 0 Å². The number of piperidine rings is 1. The Morgan fingerprint density at radius 1 is 1.67 bits per heavy atom. The standard InChI is InChI=1S/C10H17N3O2/c1-3-7(6-13(2)11)8-4-5-9(14)12-10(8)15/h6,8H,3-5,11H2,1-2H3,(H,12,14,15)/b7-6+. The number of rotatable bonds is 3. The molecule has 0 aromatic carbocycles. The lowest BCUT2D eigenvalue weighted by Gasteiger charge is -2.23. The summed E-state index contributed by atoms with van der Waals surface area (Å²) in [6.45, 7) is 1.97. The Bertz CT molecular complexity index is 297. The second-order valence-corrected chi connectivity index (χ2v) is 3.73. The molecule has 3 N–H and O–H groups in total. The highest BCUT2D eigenvalue weighted by Crippen LogP contribution is 2.23. The molecule has 0 spiro atoms. The van der Waals surface area contributed by atoms with Crippen LogP contribution in [-0.2, 0) is 9.59 Å². The van der Waals surface area contributed by atoms with Gasteiger partial charge in [0.15, 0.2) is 0 Å². The summed E-state index contributed by atoms with van der Waals surface area (Å²) in [5, 5.41) is 3.77. The van der Waals surface area contributed by atoms with Crippen molar-refractivity contribution in [1.82, 2.24) is 10.3 Å². The quantitative estimate of drug-likeness (QED) is 0.395. The van der Waals surface area contributed by atoms with E-state index in [1.165, 1.54) is 5.01 Å². The van der Waals surface area contributed by atoms with E-state index in [0.717, 1.165) is 12.0 Å². The van der Waals surface area contributed by atoms with E-state index in [9.17, 15) is 9.59 Å². The van der Waals surface area contributed by atoms with Crippen molar-refractivity contribution in [2.75, 3.05) is 7.05 Å². The minimum Gasteiger partial charge on any atom is -0.321 e. The largest absolute Gasteiger partial charge is 0.321 e. The van der Waals surface area contributed by atoms with Crippen LogP contribution in [0, 0.1) is 5.92 Å². The normalized spacial score (nSPS) is 22.6. The predicted octanol–water partition coefficient (Wildman–Crippen LogP) is 0.139. The van der Waals surface area contributed by atoms with Crippen LogP contribution in [0.4, 0.5) is 0 Å². The molecule has 2 amide bonds. The minimum atomic E-state index is -0.210. The Balaban J connectivity index is 2.77. The summed E-state index contributed by atoms with van der Waals surface area (Å²) in [6.07, 6.45) is 3.49. The van der Waals surface area contributed by atoms with E-state index in [1.807, 2.05) is 6.92 Å². The van der Waals surface area contributed by atoms with E-state index in [2.05, 4.69) is 5.32 Å². The van der Waals surface area contributed by atoms with Gasteiger partial charge in [-0.05, 0) is 18.4 Å². The third-order valence-electron chi connectivity index (χ3n) is 2.46. The molecule has 1 saturated heterocycles. The molecule has 1 aliphatic rings. The Morgan fingerprint density at radius 2 is 2.33 bits per heavy atom. The number of nitrogens with one attached hydrogen (secondary N) is 1. The number of nitrogens with zero attached hydrogens (tertiary/aromatic N) is 1. The second-order valence-electron chi connectivity index (χ2n) is 3.73. The number of hydrazine groups is 1. The Kier molecular flexibility index (Phi) is 3.85. The van der Waals surface area contributed by atoms with Crippen LogP contribution in [0.3, 0.4) is 0 Å². The first kappa shape index (κ1) is 11.7. The van der Waals surface area contributed by atoms with E-state index >= 15 is 0 Å². The zero-order chi connectivity index (χ0) is 11.4. The molecule has 0 aliphatic carbocycles. The average molecular weight is 211 g/mol. The molecule has 1 unspecified atom stereocenters. The lowest BCUT2D eigenvalue weighted by molar-refractivity contribution is -0.135. The highest BCUT2D eigenvalue weighted by Gasteiger charge is 2.28. The molecular formula is C10H17N3O2. The molecule has 0 aromatic heterocycles. The number of hydrogen-bond donors (Lipinski definition) is 2. The van der Waals surface area contributed by atoms with Crippen LogP contribution in [-0.4, -0.2) is 23.9 Å². The van der Waals surface area contributed by atoms with Gasteiger partial charge in [-0.2, -0.15) is 0 Å². The SMILES string of the molecule is CC/C(=C\N(C)N)C1CCC(=O)NC1=O. The number of imide groups is 1. The molecule has 1 aliphatic heterocycles. The first-order valence-electron chi connectivity index (χ1n) is 5.06. The number of amides is 2. The molecule has 0 saturated carbocycles. The van der Waals surface area contributed by atoms with Crippen LogP contribution in [0.1, 0.15) is 26.2 Å². The van der Waals surface area contributed by atoms with Gasteiger partial charge in [0.25, 0.3) is 0 Å². The van der Waals surface area contributed by atoms with Crippen molar-refractivity contribution in [3.05, 3.63) is 11.8 Å². The molecule has 84 valence electrons. The van der Waals surface area contributed by atoms with Gasteiger partial charge in [-0.25, -0.2) is 5.84 Å². The van der Waals surface area contributed by atoms with Crippen molar-refractivity contribution in [2.24, 2.45) is 11.8 Å². The van der Waals surface area contributed by atoms with Crippen molar-refractivity contribution >= 4 is 11.8 Å². The van der Waals surface area contributed by atoms with Crippen LogP contribution in [0.5, 0.6) is 0 Å². The highest BCUT2D eigenvalue weighted by atomic mass is 16.2. The lowest BCUT2D eigenvalue weighted by Crippen LogP contribution is -2.41. The van der Waals surface area contributed by atoms with Crippen molar-refractivity contribution in [3.63, 3.8) is 0 Å². The molecule has 15 heavy (non-hydrogen) atoms. The van der Waals surface area contributed by atoms with E-state index in [4.69, 9.17) is 5.84 Å². The fourth-order valence-electron chi connectivity index (χ4n) is 1.74. The Labute approximate surface area is 89.3 Å². The topological polar surface area (TPSA) is 75.4 Å².